The predicted octanol–water partition coefficient (Wildman–Crippen LogP) is 0.273. The molecule has 0 bridgehead atoms. The number of thioether (sulfide) groups is 1. The summed E-state index contributed by atoms with van der Waals surface area (Å²) in [6.45, 7) is 0. The van der Waals surface area contributed by atoms with Crippen LogP contribution < -0.4 is 30.7 Å². The molecule has 1 saturated heterocycles. The molecular formula is C17H24N4O5S. The smallest absolute Gasteiger partial charge is 0.234 e. The fourth-order valence-electron chi connectivity index (χ4n) is 2.54. The highest BCUT2D eigenvalue weighted by atomic mass is 32.2. The van der Waals surface area contributed by atoms with Crippen LogP contribution in [0.5, 0.6) is 11.5 Å². The molecule has 27 heavy (non-hydrogen) atoms. The van der Waals surface area contributed by atoms with Crippen LogP contribution in [0.1, 0.15) is 12.8 Å². The standard InChI is InChI=1S/C17H24N4O5S/c1-18-14(22)6-10-7-15(23)21-17(19-10)27-9-16(24)20-12-5-4-11(25-2)8-13(12)26-3/h4-5,8,10,17,19H,6-7,9H2,1-3H3,(H,18,22)(H,20,24)(H,21,23). The lowest BCUT2D eigenvalue weighted by Gasteiger charge is -2.30. The largest absolute Gasteiger partial charge is 0.497 e. The molecule has 0 saturated carbocycles. The molecule has 1 aromatic rings. The van der Waals surface area contributed by atoms with E-state index in [4.69, 9.17) is 9.47 Å². The summed E-state index contributed by atoms with van der Waals surface area (Å²) in [6.07, 6.45) is 0.427. The minimum atomic E-state index is -0.440. The summed E-state index contributed by atoms with van der Waals surface area (Å²) in [6, 6.07) is 4.83. The highest BCUT2D eigenvalue weighted by molar-refractivity contribution is 8.00. The average molecular weight is 396 g/mol. The molecule has 0 radical (unpaired) electrons. The lowest BCUT2D eigenvalue weighted by Crippen LogP contribution is -2.55. The van der Waals surface area contributed by atoms with Gasteiger partial charge in [-0.25, -0.2) is 0 Å². The van der Waals surface area contributed by atoms with Crippen LogP contribution in [-0.2, 0) is 14.4 Å². The molecule has 2 unspecified atom stereocenters. The average Bonchev–Trinajstić information content (AvgIpc) is 2.66. The van der Waals surface area contributed by atoms with E-state index in [1.165, 1.54) is 18.9 Å². The van der Waals surface area contributed by atoms with Gasteiger partial charge in [0.15, 0.2) is 0 Å². The summed E-state index contributed by atoms with van der Waals surface area (Å²) in [7, 11) is 4.61. The monoisotopic (exact) mass is 396 g/mol. The van der Waals surface area contributed by atoms with Crippen LogP contribution >= 0.6 is 11.8 Å². The van der Waals surface area contributed by atoms with Crippen molar-refractivity contribution in [2.75, 3.05) is 32.3 Å². The van der Waals surface area contributed by atoms with Gasteiger partial charge in [0.2, 0.25) is 17.7 Å². The molecule has 4 N–H and O–H groups in total. The summed E-state index contributed by atoms with van der Waals surface area (Å²) in [4.78, 5) is 35.5. The van der Waals surface area contributed by atoms with Gasteiger partial charge in [0.05, 0.1) is 25.7 Å². The topological polar surface area (TPSA) is 118 Å². The van der Waals surface area contributed by atoms with Gasteiger partial charge in [0.1, 0.15) is 17.0 Å². The van der Waals surface area contributed by atoms with Crippen molar-refractivity contribution in [1.29, 1.82) is 0 Å². The van der Waals surface area contributed by atoms with Crippen LogP contribution in [0.2, 0.25) is 0 Å². The van der Waals surface area contributed by atoms with E-state index in [0.29, 0.717) is 17.2 Å². The van der Waals surface area contributed by atoms with Crippen LogP contribution in [0.3, 0.4) is 0 Å². The van der Waals surface area contributed by atoms with Crippen LogP contribution in [0.4, 0.5) is 5.69 Å². The van der Waals surface area contributed by atoms with E-state index in [1.807, 2.05) is 0 Å². The second-order valence-electron chi connectivity index (χ2n) is 5.82. The van der Waals surface area contributed by atoms with Gasteiger partial charge in [0.25, 0.3) is 0 Å². The zero-order chi connectivity index (χ0) is 19.8. The molecule has 0 spiro atoms. The van der Waals surface area contributed by atoms with Gasteiger partial charge in [0, 0.05) is 32.0 Å². The maximum Gasteiger partial charge on any atom is 0.234 e. The first-order valence-corrected chi connectivity index (χ1v) is 9.39. The molecule has 2 atom stereocenters. The van der Waals surface area contributed by atoms with Crippen molar-refractivity contribution in [3.8, 4) is 11.5 Å². The maximum absolute atomic E-state index is 12.2. The molecule has 1 fully saturated rings. The first kappa shape index (κ1) is 20.8. The van der Waals surface area contributed by atoms with E-state index >= 15 is 0 Å². The second-order valence-corrected chi connectivity index (χ2v) is 6.91. The van der Waals surface area contributed by atoms with Crippen molar-refractivity contribution in [3.63, 3.8) is 0 Å². The number of methoxy groups -OCH3 is 2. The normalized spacial score (nSPS) is 19.0. The van der Waals surface area contributed by atoms with Gasteiger partial charge in [-0.2, -0.15) is 0 Å². The van der Waals surface area contributed by atoms with Gasteiger partial charge in [-0.15, -0.1) is 11.8 Å². The predicted molar refractivity (Wildman–Crippen MR) is 103 cm³/mol. The number of amides is 3. The number of benzene rings is 1. The van der Waals surface area contributed by atoms with E-state index in [9.17, 15) is 14.4 Å². The van der Waals surface area contributed by atoms with Crippen LogP contribution in [0, 0.1) is 0 Å². The molecule has 0 aliphatic carbocycles. The third-order valence-electron chi connectivity index (χ3n) is 3.89. The first-order chi connectivity index (χ1) is 12.9. The highest BCUT2D eigenvalue weighted by Gasteiger charge is 2.27. The summed E-state index contributed by atoms with van der Waals surface area (Å²) in [5, 5.41) is 11.2. The molecular weight excluding hydrogens is 372 g/mol. The maximum atomic E-state index is 12.2. The van der Waals surface area contributed by atoms with E-state index in [2.05, 4.69) is 21.3 Å². The zero-order valence-corrected chi connectivity index (χ0v) is 16.3. The van der Waals surface area contributed by atoms with Crippen molar-refractivity contribution in [2.24, 2.45) is 0 Å². The Morgan fingerprint density at radius 1 is 1.26 bits per heavy atom. The number of carbonyl (C=O) groups excluding carboxylic acids is 3. The van der Waals surface area contributed by atoms with Crippen LogP contribution in [0.25, 0.3) is 0 Å². The molecule has 1 heterocycles. The number of hydrogen-bond donors (Lipinski definition) is 4. The van der Waals surface area contributed by atoms with Crippen molar-refractivity contribution >= 4 is 35.2 Å². The van der Waals surface area contributed by atoms with Crippen molar-refractivity contribution < 1.29 is 23.9 Å². The molecule has 1 aliphatic heterocycles. The van der Waals surface area contributed by atoms with Crippen LogP contribution in [-0.4, -0.2) is 56.3 Å². The number of ether oxygens (including phenoxy) is 2. The molecule has 0 aromatic heterocycles. The second kappa shape index (κ2) is 10.0. The highest BCUT2D eigenvalue weighted by Crippen LogP contribution is 2.29. The fourth-order valence-corrected chi connectivity index (χ4v) is 3.43. The molecule has 10 heteroatoms. The Labute approximate surface area is 161 Å². The SMILES string of the molecule is CNC(=O)CC1CC(=O)NC(SCC(=O)Nc2ccc(OC)cc2OC)N1. The molecule has 148 valence electrons. The molecule has 1 aliphatic rings. The van der Waals surface area contributed by atoms with E-state index in [1.54, 1.807) is 32.4 Å². The number of hydrogen-bond acceptors (Lipinski definition) is 7. The minimum Gasteiger partial charge on any atom is -0.497 e. The van der Waals surface area contributed by atoms with Crippen molar-refractivity contribution in [3.05, 3.63) is 18.2 Å². The Balaban J connectivity index is 1.87. The van der Waals surface area contributed by atoms with Gasteiger partial charge in [-0.1, -0.05) is 0 Å². The van der Waals surface area contributed by atoms with E-state index in [0.717, 1.165) is 0 Å². The molecule has 2 rings (SSSR count). The van der Waals surface area contributed by atoms with Crippen molar-refractivity contribution in [1.82, 2.24) is 16.0 Å². The summed E-state index contributed by atoms with van der Waals surface area (Å²) >= 11 is 1.24. The Bertz CT molecular complexity index is 700. The lowest BCUT2D eigenvalue weighted by atomic mass is 10.1. The van der Waals surface area contributed by atoms with Gasteiger partial charge >= 0.3 is 0 Å². The Morgan fingerprint density at radius 2 is 2.04 bits per heavy atom. The summed E-state index contributed by atoms with van der Waals surface area (Å²) in [5.74, 6) is 0.679. The number of rotatable bonds is 8. The Hall–Kier alpha value is -2.46. The van der Waals surface area contributed by atoms with Gasteiger partial charge in [-0.05, 0) is 12.1 Å². The quantitative estimate of drug-likeness (QED) is 0.498. The van der Waals surface area contributed by atoms with Crippen LogP contribution in [0.15, 0.2) is 18.2 Å². The fraction of sp³-hybridized carbons (Fsp3) is 0.471. The van der Waals surface area contributed by atoms with E-state index < -0.39 is 5.50 Å². The Kier molecular flexibility index (Phi) is 7.74. The molecule has 1 aromatic carbocycles. The Morgan fingerprint density at radius 3 is 2.70 bits per heavy atom. The number of nitrogens with one attached hydrogen (secondary N) is 4. The van der Waals surface area contributed by atoms with E-state index in [-0.39, 0.29) is 42.4 Å². The summed E-state index contributed by atoms with van der Waals surface area (Å²) < 4.78 is 10.4. The first-order valence-electron chi connectivity index (χ1n) is 8.34. The van der Waals surface area contributed by atoms with Gasteiger partial charge in [-0.3, -0.25) is 19.7 Å². The minimum absolute atomic E-state index is 0.111. The molecule has 3 amide bonds. The van der Waals surface area contributed by atoms with Crippen molar-refractivity contribution in [2.45, 2.75) is 24.4 Å². The summed E-state index contributed by atoms with van der Waals surface area (Å²) in [5.41, 5.74) is 0.0893. The number of carbonyl (C=O) groups is 3. The third-order valence-corrected chi connectivity index (χ3v) is 4.90. The van der Waals surface area contributed by atoms with Gasteiger partial charge < -0.3 is 25.4 Å². The zero-order valence-electron chi connectivity index (χ0n) is 15.5. The molecule has 9 nitrogen and oxygen atoms in total. The number of anilines is 1. The third kappa shape index (κ3) is 6.33. The lowest BCUT2D eigenvalue weighted by molar-refractivity contribution is -0.125.